The van der Waals surface area contributed by atoms with E-state index in [2.05, 4.69) is 63.8 Å². The molecule has 116 valence electrons. The van der Waals surface area contributed by atoms with Crippen molar-refractivity contribution in [3.63, 3.8) is 0 Å². The fraction of sp³-hybridized carbons (Fsp3) is 0.278. The van der Waals surface area contributed by atoms with Crippen molar-refractivity contribution in [2.45, 2.75) is 19.8 Å². The molecule has 0 aliphatic rings. The highest BCUT2D eigenvalue weighted by Crippen LogP contribution is 2.14. The topological polar surface area (TPSA) is 24.1 Å². The van der Waals surface area contributed by atoms with E-state index in [9.17, 15) is 0 Å². The van der Waals surface area contributed by atoms with Gasteiger partial charge in [-0.15, -0.1) is 0 Å². The largest absolute Gasteiger partial charge is 0.362 e. The van der Waals surface area contributed by atoms with Crippen molar-refractivity contribution >= 4 is 38.9 Å². The molecule has 0 bridgehead atoms. The summed E-state index contributed by atoms with van der Waals surface area (Å²) < 4.78 is 1.06. The Morgan fingerprint density at radius 1 is 1.09 bits per heavy atom. The molecule has 0 amide bonds. The predicted molar refractivity (Wildman–Crippen MR) is 102 cm³/mol. The van der Waals surface area contributed by atoms with Crippen molar-refractivity contribution in [2.75, 3.05) is 11.9 Å². The van der Waals surface area contributed by atoms with Gasteiger partial charge in [0.1, 0.15) is 0 Å². The monoisotopic (exact) mass is 376 g/mol. The zero-order valence-electron chi connectivity index (χ0n) is 12.7. The molecule has 0 aromatic heterocycles. The molecular weight excluding hydrogens is 356 g/mol. The van der Waals surface area contributed by atoms with E-state index < -0.39 is 0 Å². The summed E-state index contributed by atoms with van der Waals surface area (Å²) >= 11 is 8.79. The van der Waals surface area contributed by atoms with Crippen molar-refractivity contribution in [3.8, 4) is 0 Å². The second kappa shape index (κ2) is 8.91. The van der Waals surface area contributed by atoms with Gasteiger partial charge in [0.15, 0.2) is 5.11 Å². The average molecular weight is 377 g/mol. The first-order valence-corrected chi connectivity index (χ1v) is 8.72. The molecule has 22 heavy (non-hydrogen) atoms. The normalized spacial score (nSPS) is 11.7. The molecule has 4 heteroatoms. The zero-order valence-corrected chi connectivity index (χ0v) is 15.1. The van der Waals surface area contributed by atoms with Crippen molar-refractivity contribution < 1.29 is 0 Å². The summed E-state index contributed by atoms with van der Waals surface area (Å²) in [4.78, 5) is 0. The summed E-state index contributed by atoms with van der Waals surface area (Å²) in [6.45, 7) is 3.11. The third kappa shape index (κ3) is 5.78. The quantitative estimate of drug-likeness (QED) is 0.693. The number of benzene rings is 2. The van der Waals surface area contributed by atoms with E-state index in [4.69, 9.17) is 12.2 Å². The third-order valence-corrected chi connectivity index (χ3v) is 4.37. The van der Waals surface area contributed by atoms with Crippen LogP contribution in [-0.4, -0.2) is 11.7 Å². The molecule has 2 N–H and O–H groups in total. The van der Waals surface area contributed by atoms with Crippen molar-refractivity contribution in [1.82, 2.24) is 5.32 Å². The minimum atomic E-state index is 0.576. The standard InChI is InChI=1S/C18H21BrN2S/c1-2-14(12-15-6-4-3-5-7-15)13-20-18(22)21-17-10-8-16(19)9-11-17/h3-11,14H,2,12-13H2,1H3,(H2,20,21,22)/t14-/m0/s1. The van der Waals surface area contributed by atoms with Crippen molar-refractivity contribution in [2.24, 2.45) is 5.92 Å². The van der Waals surface area contributed by atoms with Crippen LogP contribution in [0, 0.1) is 5.92 Å². The van der Waals surface area contributed by atoms with Gasteiger partial charge in [0.2, 0.25) is 0 Å². The fourth-order valence-electron chi connectivity index (χ4n) is 2.25. The lowest BCUT2D eigenvalue weighted by Crippen LogP contribution is -2.33. The van der Waals surface area contributed by atoms with Crippen LogP contribution in [0.3, 0.4) is 0 Å². The van der Waals surface area contributed by atoms with E-state index in [-0.39, 0.29) is 0 Å². The van der Waals surface area contributed by atoms with Crippen LogP contribution in [0.5, 0.6) is 0 Å². The molecule has 0 saturated carbocycles. The second-order valence-electron chi connectivity index (χ2n) is 5.31. The summed E-state index contributed by atoms with van der Waals surface area (Å²) in [5.41, 5.74) is 2.37. The van der Waals surface area contributed by atoms with E-state index in [1.54, 1.807) is 0 Å². The van der Waals surface area contributed by atoms with Crippen molar-refractivity contribution in [1.29, 1.82) is 0 Å². The first-order chi connectivity index (χ1) is 10.7. The van der Waals surface area contributed by atoms with Gasteiger partial charge in [-0.2, -0.15) is 0 Å². The summed E-state index contributed by atoms with van der Waals surface area (Å²) in [5, 5.41) is 7.21. The van der Waals surface area contributed by atoms with Crippen molar-refractivity contribution in [3.05, 3.63) is 64.6 Å². The molecule has 0 aliphatic carbocycles. The molecule has 0 fully saturated rings. The van der Waals surface area contributed by atoms with Gasteiger partial charge in [-0.25, -0.2) is 0 Å². The molecule has 2 aromatic rings. The third-order valence-electron chi connectivity index (χ3n) is 3.60. The summed E-state index contributed by atoms with van der Waals surface area (Å²) in [6, 6.07) is 18.6. The molecule has 0 spiro atoms. The van der Waals surface area contributed by atoms with Gasteiger partial charge in [-0.3, -0.25) is 0 Å². The van der Waals surface area contributed by atoms with Gasteiger partial charge in [0.25, 0.3) is 0 Å². The minimum Gasteiger partial charge on any atom is -0.362 e. The number of hydrogen-bond acceptors (Lipinski definition) is 1. The summed E-state index contributed by atoms with van der Waals surface area (Å²) in [5.74, 6) is 0.576. The number of nitrogens with one attached hydrogen (secondary N) is 2. The minimum absolute atomic E-state index is 0.576. The number of anilines is 1. The number of hydrogen-bond donors (Lipinski definition) is 2. The zero-order chi connectivity index (χ0) is 15.8. The van der Waals surface area contributed by atoms with Crippen LogP contribution in [0.4, 0.5) is 5.69 Å². The maximum Gasteiger partial charge on any atom is 0.170 e. The van der Waals surface area contributed by atoms with Crippen LogP contribution in [0.25, 0.3) is 0 Å². The molecule has 0 aliphatic heterocycles. The van der Waals surface area contributed by atoms with E-state index in [1.165, 1.54) is 5.56 Å². The Kier molecular flexibility index (Phi) is 6.87. The van der Waals surface area contributed by atoms with Crippen LogP contribution in [-0.2, 0) is 6.42 Å². The summed E-state index contributed by atoms with van der Waals surface area (Å²) in [7, 11) is 0. The SMILES string of the molecule is CC[C@H](CNC(=S)Nc1ccc(Br)cc1)Cc1ccccc1. The van der Waals surface area contributed by atoms with Gasteiger partial charge in [-0.05, 0) is 54.4 Å². The van der Waals surface area contributed by atoms with Gasteiger partial charge < -0.3 is 10.6 Å². The lowest BCUT2D eigenvalue weighted by molar-refractivity contribution is 0.498. The van der Waals surface area contributed by atoms with Gasteiger partial charge in [0.05, 0.1) is 0 Å². The summed E-state index contributed by atoms with van der Waals surface area (Å²) in [6.07, 6.45) is 2.20. The molecule has 0 saturated heterocycles. The van der Waals surface area contributed by atoms with Crippen LogP contribution < -0.4 is 10.6 Å². The van der Waals surface area contributed by atoms with Gasteiger partial charge in [-0.1, -0.05) is 59.6 Å². The predicted octanol–water partition coefficient (Wildman–Crippen LogP) is 5.00. The Morgan fingerprint density at radius 2 is 1.77 bits per heavy atom. The molecule has 0 heterocycles. The van der Waals surface area contributed by atoms with Crippen LogP contribution in [0.15, 0.2) is 59.1 Å². The van der Waals surface area contributed by atoms with E-state index in [0.717, 1.165) is 29.5 Å². The number of halogens is 1. The molecule has 2 nitrogen and oxygen atoms in total. The number of rotatable bonds is 6. The molecule has 2 rings (SSSR count). The average Bonchev–Trinajstić information content (AvgIpc) is 2.54. The highest BCUT2D eigenvalue weighted by Gasteiger charge is 2.08. The number of thiocarbonyl (C=S) groups is 1. The first kappa shape index (κ1) is 17.0. The maximum absolute atomic E-state index is 5.37. The highest BCUT2D eigenvalue weighted by molar-refractivity contribution is 9.10. The molecule has 0 radical (unpaired) electrons. The second-order valence-corrected chi connectivity index (χ2v) is 6.63. The van der Waals surface area contributed by atoms with Crippen LogP contribution in [0.1, 0.15) is 18.9 Å². The van der Waals surface area contributed by atoms with Gasteiger partial charge in [0, 0.05) is 16.7 Å². The molecular formula is C18H21BrN2S. The Bertz CT molecular complexity index is 584. The Hall–Kier alpha value is -1.39. The Labute approximate surface area is 146 Å². The molecule has 1 atom stereocenters. The molecule has 2 aromatic carbocycles. The van der Waals surface area contributed by atoms with Crippen LogP contribution >= 0.6 is 28.1 Å². The van der Waals surface area contributed by atoms with E-state index in [0.29, 0.717) is 11.0 Å². The lowest BCUT2D eigenvalue weighted by atomic mass is 9.97. The van der Waals surface area contributed by atoms with Gasteiger partial charge >= 0.3 is 0 Å². The van der Waals surface area contributed by atoms with Crippen LogP contribution in [0.2, 0.25) is 0 Å². The molecule has 0 unspecified atom stereocenters. The smallest absolute Gasteiger partial charge is 0.170 e. The maximum atomic E-state index is 5.37. The van der Waals surface area contributed by atoms with E-state index in [1.807, 2.05) is 24.3 Å². The first-order valence-electron chi connectivity index (χ1n) is 7.51. The lowest BCUT2D eigenvalue weighted by Gasteiger charge is -2.17. The van der Waals surface area contributed by atoms with E-state index >= 15 is 0 Å². The fourth-order valence-corrected chi connectivity index (χ4v) is 2.72. The Balaban J connectivity index is 1.79. The highest BCUT2D eigenvalue weighted by atomic mass is 79.9. The Morgan fingerprint density at radius 3 is 2.41 bits per heavy atom.